The molecule has 1 amide bonds. The number of rotatable bonds is 3. The highest BCUT2D eigenvalue weighted by atomic mass is 32.2. The third-order valence-electron chi connectivity index (χ3n) is 5.28. The first kappa shape index (κ1) is 18.6. The van der Waals surface area contributed by atoms with Gasteiger partial charge in [-0.1, -0.05) is 48.0 Å². The van der Waals surface area contributed by atoms with Crippen molar-refractivity contribution < 1.29 is 4.79 Å². The SMILES string of the molecule is Cc1ccc([C@@H]2S[C@H](C)C(=O)N2c2c(C)n(C)n(-c3ccccc3)c2=O)cc1. The quantitative estimate of drug-likeness (QED) is 0.677. The molecule has 1 aromatic heterocycles. The Balaban J connectivity index is 1.88. The Hall–Kier alpha value is -2.73. The zero-order valence-electron chi connectivity index (χ0n) is 16.4. The van der Waals surface area contributed by atoms with E-state index >= 15 is 0 Å². The van der Waals surface area contributed by atoms with Crippen LogP contribution in [0, 0.1) is 13.8 Å². The van der Waals surface area contributed by atoms with Crippen LogP contribution in [-0.4, -0.2) is 20.5 Å². The van der Waals surface area contributed by atoms with Gasteiger partial charge in [0.05, 0.1) is 16.6 Å². The van der Waals surface area contributed by atoms with Crippen molar-refractivity contribution >= 4 is 23.4 Å². The predicted molar refractivity (Wildman–Crippen MR) is 114 cm³/mol. The number of carbonyl (C=O) groups is 1. The maximum Gasteiger partial charge on any atom is 0.295 e. The number of amides is 1. The predicted octanol–water partition coefficient (Wildman–Crippen LogP) is 3.96. The number of benzene rings is 2. The summed E-state index contributed by atoms with van der Waals surface area (Å²) in [6, 6.07) is 17.7. The highest BCUT2D eigenvalue weighted by molar-refractivity contribution is 8.01. The summed E-state index contributed by atoms with van der Waals surface area (Å²) in [7, 11) is 1.85. The van der Waals surface area contributed by atoms with Crippen molar-refractivity contribution in [2.45, 2.75) is 31.4 Å². The highest BCUT2D eigenvalue weighted by Crippen LogP contribution is 2.45. The van der Waals surface area contributed by atoms with Crippen molar-refractivity contribution in [3.05, 3.63) is 81.8 Å². The number of anilines is 1. The smallest absolute Gasteiger partial charge is 0.288 e. The summed E-state index contributed by atoms with van der Waals surface area (Å²) in [5, 5.41) is -0.406. The van der Waals surface area contributed by atoms with Crippen molar-refractivity contribution in [1.82, 2.24) is 9.36 Å². The number of nitrogens with zero attached hydrogens (tertiary/aromatic N) is 3. The van der Waals surface area contributed by atoms with Gasteiger partial charge in [0.15, 0.2) is 0 Å². The lowest BCUT2D eigenvalue weighted by Gasteiger charge is -2.23. The lowest BCUT2D eigenvalue weighted by Crippen LogP contribution is -2.34. The van der Waals surface area contributed by atoms with Crippen molar-refractivity contribution in [2.24, 2.45) is 7.05 Å². The maximum absolute atomic E-state index is 13.4. The van der Waals surface area contributed by atoms with E-state index in [-0.39, 0.29) is 22.1 Å². The zero-order chi connectivity index (χ0) is 20.0. The average Bonchev–Trinajstić information content (AvgIpc) is 3.09. The van der Waals surface area contributed by atoms with E-state index in [0.29, 0.717) is 5.69 Å². The van der Waals surface area contributed by atoms with Crippen LogP contribution >= 0.6 is 11.8 Å². The van der Waals surface area contributed by atoms with Crippen LogP contribution in [0.1, 0.15) is 29.1 Å². The Kier molecular flexibility index (Phi) is 4.67. The minimum Gasteiger partial charge on any atom is -0.288 e. The standard InChI is InChI=1S/C22H23N3O2S/c1-14-10-12-17(13-11-14)22-24(20(26)16(3)28-22)19-15(2)23(4)25(21(19)27)18-8-6-5-7-9-18/h5-13,16,22H,1-4H3/t16-,22+/m1/s1. The molecule has 0 N–H and O–H groups in total. The number of thioether (sulfide) groups is 1. The van der Waals surface area contributed by atoms with Gasteiger partial charge in [-0.25, -0.2) is 4.68 Å². The van der Waals surface area contributed by atoms with E-state index in [1.54, 1.807) is 21.3 Å². The summed E-state index contributed by atoms with van der Waals surface area (Å²) in [6.45, 7) is 5.84. The molecular formula is C22H23N3O2S. The lowest BCUT2D eigenvalue weighted by atomic mass is 10.1. The summed E-state index contributed by atoms with van der Waals surface area (Å²) in [5.41, 5.74) is 4.03. The molecule has 1 aliphatic heterocycles. The molecule has 1 aliphatic rings. The molecule has 6 heteroatoms. The molecule has 144 valence electrons. The van der Waals surface area contributed by atoms with Gasteiger partial charge in [0.2, 0.25) is 5.91 Å². The van der Waals surface area contributed by atoms with Gasteiger partial charge < -0.3 is 0 Å². The minimum absolute atomic E-state index is 0.0263. The van der Waals surface area contributed by atoms with Crippen molar-refractivity contribution in [3.63, 3.8) is 0 Å². The third-order valence-corrected chi connectivity index (χ3v) is 6.63. The van der Waals surface area contributed by atoms with E-state index in [4.69, 9.17) is 0 Å². The molecule has 0 bridgehead atoms. The fourth-order valence-electron chi connectivity index (χ4n) is 3.64. The molecule has 0 spiro atoms. The van der Waals surface area contributed by atoms with E-state index in [9.17, 15) is 9.59 Å². The normalized spacial score (nSPS) is 19.4. The topological polar surface area (TPSA) is 47.2 Å². The van der Waals surface area contributed by atoms with Crippen LogP contribution in [0.15, 0.2) is 59.4 Å². The molecule has 28 heavy (non-hydrogen) atoms. The van der Waals surface area contributed by atoms with Crippen molar-refractivity contribution in [3.8, 4) is 5.69 Å². The van der Waals surface area contributed by atoms with Gasteiger partial charge in [-0.05, 0) is 38.5 Å². The van der Waals surface area contributed by atoms with E-state index in [0.717, 1.165) is 16.9 Å². The summed E-state index contributed by atoms with van der Waals surface area (Å²) in [4.78, 5) is 28.2. The van der Waals surface area contributed by atoms with Crippen LogP contribution in [0.4, 0.5) is 5.69 Å². The first-order valence-corrected chi connectivity index (χ1v) is 10.2. The van der Waals surface area contributed by atoms with Crippen LogP contribution in [0.2, 0.25) is 0 Å². The number of hydrogen-bond donors (Lipinski definition) is 0. The largest absolute Gasteiger partial charge is 0.295 e. The van der Waals surface area contributed by atoms with Crippen LogP contribution in [0.5, 0.6) is 0 Å². The third kappa shape index (κ3) is 2.88. The number of aryl methyl sites for hydroxylation is 1. The molecule has 5 nitrogen and oxygen atoms in total. The van der Waals surface area contributed by atoms with Gasteiger partial charge in [-0.3, -0.25) is 19.2 Å². The molecule has 2 atom stereocenters. The molecule has 0 saturated carbocycles. The second-order valence-corrected chi connectivity index (χ2v) is 8.59. The van der Waals surface area contributed by atoms with Gasteiger partial charge >= 0.3 is 0 Å². The molecule has 4 rings (SSSR count). The monoisotopic (exact) mass is 393 g/mol. The lowest BCUT2D eigenvalue weighted by molar-refractivity contribution is -0.117. The van der Waals surface area contributed by atoms with Gasteiger partial charge in [0.25, 0.3) is 5.56 Å². The van der Waals surface area contributed by atoms with Gasteiger partial charge in [-0.2, -0.15) is 0 Å². The van der Waals surface area contributed by atoms with Crippen molar-refractivity contribution in [2.75, 3.05) is 4.90 Å². The highest BCUT2D eigenvalue weighted by Gasteiger charge is 2.42. The molecule has 1 fully saturated rings. The Morgan fingerprint density at radius 3 is 2.21 bits per heavy atom. The van der Waals surface area contributed by atoms with Crippen molar-refractivity contribution in [1.29, 1.82) is 0 Å². The number of carbonyl (C=O) groups excluding carboxylic acids is 1. The Labute approximate surface area is 168 Å². The summed E-state index contributed by atoms with van der Waals surface area (Å²) < 4.78 is 3.44. The number of aromatic nitrogens is 2. The van der Waals surface area contributed by atoms with Crippen LogP contribution < -0.4 is 10.5 Å². The fourth-order valence-corrected chi connectivity index (χ4v) is 4.90. The van der Waals surface area contributed by atoms with Crippen LogP contribution in [0.25, 0.3) is 5.69 Å². The fraction of sp³-hybridized carbons (Fsp3) is 0.273. The Bertz CT molecular complexity index is 1080. The molecule has 3 aromatic rings. The summed E-state index contributed by atoms with van der Waals surface area (Å²) in [5.74, 6) is -0.0263. The average molecular weight is 394 g/mol. The molecule has 0 aliphatic carbocycles. The second-order valence-electron chi connectivity index (χ2n) is 7.16. The maximum atomic E-state index is 13.4. The minimum atomic E-state index is -0.207. The van der Waals surface area contributed by atoms with E-state index < -0.39 is 0 Å². The van der Waals surface area contributed by atoms with Gasteiger partial charge in [0, 0.05) is 7.05 Å². The molecule has 2 aromatic carbocycles. The van der Waals surface area contributed by atoms with Crippen LogP contribution in [0.3, 0.4) is 0 Å². The van der Waals surface area contributed by atoms with E-state index in [1.807, 2.05) is 87.1 Å². The molecule has 1 saturated heterocycles. The van der Waals surface area contributed by atoms with E-state index in [2.05, 4.69) is 0 Å². The number of hydrogen-bond acceptors (Lipinski definition) is 3. The molecule has 0 radical (unpaired) electrons. The molecular weight excluding hydrogens is 370 g/mol. The Morgan fingerprint density at radius 1 is 0.929 bits per heavy atom. The molecule has 0 unspecified atom stereocenters. The zero-order valence-corrected chi connectivity index (χ0v) is 17.2. The Morgan fingerprint density at radius 2 is 1.57 bits per heavy atom. The van der Waals surface area contributed by atoms with Gasteiger partial charge in [0.1, 0.15) is 11.1 Å². The first-order valence-electron chi connectivity index (χ1n) is 9.29. The molecule has 2 heterocycles. The van der Waals surface area contributed by atoms with Crippen LogP contribution in [-0.2, 0) is 11.8 Å². The second kappa shape index (κ2) is 7.02. The van der Waals surface area contributed by atoms with Gasteiger partial charge in [-0.15, -0.1) is 11.8 Å². The van der Waals surface area contributed by atoms with E-state index in [1.165, 1.54) is 5.56 Å². The summed E-state index contributed by atoms with van der Waals surface area (Å²) >= 11 is 1.58. The first-order chi connectivity index (χ1) is 13.4. The number of para-hydroxylation sites is 1. The summed E-state index contributed by atoms with van der Waals surface area (Å²) in [6.07, 6.45) is 0.